The highest BCUT2D eigenvalue weighted by atomic mass is 32.2. The third kappa shape index (κ3) is 2.25. The van der Waals surface area contributed by atoms with E-state index in [4.69, 9.17) is 0 Å². The topological polar surface area (TPSA) is 64.8 Å². The van der Waals surface area contributed by atoms with Crippen LogP contribution in [0.1, 0.15) is 0 Å². The molecule has 0 bridgehead atoms. The van der Waals surface area contributed by atoms with Crippen LogP contribution in [0.2, 0.25) is 0 Å². The van der Waals surface area contributed by atoms with Gasteiger partial charge in [-0.2, -0.15) is 0 Å². The Morgan fingerprint density at radius 2 is 1.78 bits per heavy atom. The highest BCUT2D eigenvalue weighted by Crippen LogP contribution is 2.32. The van der Waals surface area contributed by atoms with Crippen molar-refractivity contribution in [3.8, 4) is 10.6 Å². The van der Waals surface area contributed by atoms with Gasteiger partial charge in [0.2, 0.25) is 0 Å². The smallest absolute Gasteiger partial charge is 0.244 e. The second kappa shape index (κ2) is 5.29. The largest absolute Gasteiger partial charge is 0.269 e. The van der Waals surface area contributed by atoms with Gasteiger partial charge in [-0.15, -0.1) is 11.3 Å². The molecule has 114 valence electrons. The molecule has 7 heteroatoms. The molecule has 0 aliphatic rings. The molecule has 3 aromatic heterocycles. The average molecular weight is 341 g/mol. The maximum Gasteiger partial charge on any atom is 0.269 e. The molecule has 0 aliphatic carbocycles. The summed E-state index contributed by atoms with van der Waals surface area (Å²) in [7, 11) is -3.70. The Morgan fingerprint density at radius 1 is 0.957 bits per heavy atom. The van der Waals surface area contributed by atoms with Gasteiger partial charge >= 0.3 is 0 Å². The van der Waals surface area contributed by atoms with Crippen LogP contribution < -0.4 is 0 Å². The SMILES string of the molecule is O=S(=O)(c1ccccc1)n1cc(-c2nccs2)c2cccnc21. The molecule has 0 radical (unpaired) electrons. The molecular weight excluding hydrogens is 330 g/mol. The van der Waals surface area contributed by atoms with Crippen LogP contribution in [-0.2, 0) is 10.0 Å². The van der Waals surface area contributed by atoms with Crippen LogP contribution in [-0.4, -0.2) is 22.4 Å². The fraction of sp³-hybridized carbons (Fsp3) is 0. The molecule has 0 fully saturated rings. The molecule has 4 aromatic rings. The maximum absolute atomic E-state index is 12.9. The second-order valence-corrected chi connectivity index (χ2v) is 7.58. The monoisotopic (exact) mass is 341 g/mol. The van der Waals surface area contributed by atoms with Crippen molar-refractivity contribution in [1.29, 1.82) is 0 Å². The fourth-order valence-corrected chi connectivity index (χ4v) is 4.45. The molecule has 0 N–H and O–H groups in total. The minimum absolute atomic E-state index is 0.230. The Kier molecular flexibility index (Phi) is 3.24. The van der Waals surface area contributed by atoms with Gasteiger partial charge < -0.3 is 0 Å². The predicted molar refractivity (Wildman–Crippen MR) is 89.9 cm³/mol. The minimum Gasteiger partial charge on any atom is -0.244 e. The zero-order valence-corrected chi connectivity index (χ0v) is 13.5. The van der Waals surface area contributed by atoms with Crippen molar-refractivity contribution in [2.45, 2.75) is 4.90 Å². The summed E-state index contributed by atoms with van der Waals surface area (Å²) in [5, 5.41) is 3.40. The zero-order valence-electron chi connectivity index (χ0n) is 11.8. The summed E-state index contributed by atoms with van der Waals surface area (Å²) in [5.74, 6) is 0. The lowest BCUT2D eigenvalue weighted by molar-refractivity contribution is 0.589. The van der Waals surface area contributed by atoms with Crippen LogP contribution in [0, 0.1) is 0 Å². The molecule has 0 spiro atoms. The summed E-state index contributed by atoms with van der Waals surface area (Å²) >= 11 is 1.46. The summed E-state index contributed by atoms with van der Waals surface area (Å²) < 4.78 is 27.1. The van der Waals surface area contributed by atoms with E-state index in [1.165, 1.54) is 15.3 Å². The molecule has 0 atom stereocenters. The van der Waals surface area contributed by atoms with Crippen LogP contribution in [0.25, 0.3) is 21.6 Å². The predicted octanol–water partition coefficient (Wildman–Crippen LogP) is 3.40. The maximum atomic E-state index is 12.9. The van der Waals surface area contributed by atoms with Crippen LogP contribution >= 0.6 is 11.3 Å². The van der Waals surface area contributed by atoms with Gasteiger partial charge in [0.1, 0.15) is 5.01 Å². The fourth-order valence-electron chi connectivity index (χ4n) is 2.45. The van der Waals surface area contributed by atoms with Crippen LogP contribution in [0.15, 0.2) is 71.3 Å². The Bertz CT molecular complexity index is 1070. The van der Waals surface area contributed by atoms with Crippen LogP contribution in [0.3, 0.4) is 0 Å². The van der Waals surface area contributed by atoms with E-state index < -0.39 is 10.0 Å². The first-order chi connectivity index (χ1) is 11.2. The number of hydrogen-bond acceptors (Lipinski definition) is 5. The first-order valence-corrected chi connectivity index (χ1v) is 9.16. The molecule has 1 aromatic carbocycles. The van der Waals surface area contributed by atoms with Crippen LogP contribution in [0.5, 0.6) is 0 Å². The first-order valence-electron chi connectivity index (χ1n) is 6.84. The van der Waals surface area contributed by atoms with Crippen molar-refractivity contribution in [3.05, 3.63) is 66.4 Å². The molecule has 0 saturated heterocycles. The van der Waals surface area contributed by atoms with Gasteiger partial charge in [-0.25, -0.2) is 22.4 Å². The lowest BCUT2D eigenvalue weighted by atomic mass is 10.2. The number of benzene rings is 1. The van der Waals surface area contributed by atoms with Crippen molar-refractivity contribution in [2.75, 3.05) is 0 Å². The summed E-state index contributed by atoms with van der Waals surface area (Å²) in [4.78, 5) is 8.78. The number of thiazole rings is 1. The third-order valence-electron chi connectivity index (χ3n) is 3.49. The summed E-state index contributed by atoms with van der Waals surface area (Å²) in [6.07, 6.45) is 4.88. The highest BCUT2D eigenvalue weighted by molar-refractivity contribution is 7.90. The van der Waals surface area contributed by atoms with Gasteiger partial charge in [-0.3, -0.25) is 0 Å². The average Bonchev–Trinajstić information content (AvgIpc) is 3.23. The Hall–Kier alpha value is -2.51. The van der Waals surface area contributed by atoms with E-state index in [9.17, 15) is 8.42 Å². The molecule has 0 unspecified atom stereocenters. The Labute approximate surface area is 136 Å². The van der Waals surface area contributed by atoms with E-state index in [1.807, 2.05) is 11.4 Å². The lowest BCUT2D eigenvalue weighted by Crippen LogP contribution is -2.12. The van der Waals surface area contributed by atoms with Gasteiger partial charge in [-0.1, -0.05) is 18.2 Å². The molecule has 4 rings (SSSR count). The number of hydrogen-bond donors (Lipinski definition) is 0. The van der Waals surface area contributed by atoms with Crippen LogP contribution in [0.4, 0.5) is 0 Å². The zero-order chi connectivity index (χ0) is 15.9. The van der Waals surface area contributed by atoms with E-state index in [0.717, 1.165) is 16.0 Å². The number of pyridine rings is 1. The quantitative estimate of drug-likeness (QED) is 0.573. The van der Waals surface area contributed by atoms with Gasteiger partial charge in [0.25, 0.3) is 10.0 Å². The van der Waals surface area contributed by atoms with Gasteiger partial charge in [-0.05, 0) is 24.3 Å². The highest BCUT2D eigenvalue weighted by Gasteiger charge is 2.22. The van der Waals surface area contributed by atoms with Gasteiger partial charge in [0.15, 0.2) is 5.65 Å². The van der Waals surface area contributed by atoms with E-state index in [2.05, 4.69) is 9.97 Å². The normalized spacial score (nSPS) is 11.8. The molecule has 0 amide bonds. The van der Waals surface area contributed by atoms with Crippen molar-refractivity contribution in [1.82, 2.24) is 13.9 Å². The van der Waals surface area contributed by atoms with Crippen molar-refractivity contribution < 1.29 is 8.42 Å². The van der Waals surface area contributed by atoms with Crippen molar-refractivity contribution in [2.24, 2.45) is 0 Å². The number of rotatable bonds is 3. The van der Waals surface area contributed by atoms with E-state index in [-0.39, 0.29) is 4.90 Å². The molecule has 23 heavy (non-hydrogen) atoms. The second-order valence-electron chi connectivity index (χ2n) is 4.87. The molecule has 3 heterocycles. The summed E-state index contributed by atoms with van der Waals surface area (Å²) in [5.41, 5.74) is 1.17. The molecule has 5 nitrogen and oxygen atoms in total. The van der Waals surface area contributed by atoms with Gasteiger partial charge in [0.05, 0.1) is 4.90 Å². The third-order valence-corrected chi connectivity index (χ3v) is 5.97. The van der Waals surface area contributed by atoms with Crippen molar-refractivity contribution >= 4 is 32.4 Å². The minimum atomic E-state index is -3.70. The molecular formula is C16H11N3O2S2. The molecule has 0 saturated carbocycles. The van der Waals surface area contributed by atoms with E-state index >= 15 is 0 Å². The number of nitrogens with zero attached hydrogens (tertiary/aromatic N) is 3. The number of aromatic nitrogens is 3. The van der Waals surface area contributed by atoms with E-state index in [1.54, 1.807) is 55.0 Å². The van der Waals surface area contributed by atoms with E-state index in [0.29, 0.717) is 5.65 Å². The lowest BCUT2D eigenvalue weighted by Gasteiger charge is -2.06. The number of fused-ring (bicyclic) bond motifs is 1. The summed E-state index contributed by atoms with van der Waals surface area (Å²) in [6, 6.07) is 12.0. The Balaban J connectivity index is 2.02. The Morgan fingerprint density at radius 3 is 2.52 bits per heavy atom. The standard InChI is InChI=1S/C16H11N3O2S2/c20-23(21,12-5-2-1-3-6-12)19-11-14(16-18-9-10-22-16)13-7-4-8-17-15(13)19/h1-11H. The molecule has 0 aliphatic heterocycles. The van der Waals surface area contributed by atoms with Crippen molar-refractivity contribution in [3.63, 3.8) is 0 Å². The first kappa shape index (κ1) is 14.1. The van der Waals surface area contributed by atoms with Gasteiger partial charge in [0, 0.05) is 34.9 Å². The summed E-state index contributed by atoms with van der Waals surface area (Å²) in [6.45, 7) is 0.